The monoisotopic (exact) mass is 300 g/mol. The van der Waals surface area contributed by atoms with Crippen LogP contribution in [0.2, 0.25) is 6.32 Å². The molecule has 0 saturated carbocycles. The van der Waals surface area contributed by atoms with Crippen molar-refractivity contribution in [3.63, 3.8) is 0 Å². The molecule has 0 bridgehead atoms. The normalized spacial score (nSPS) is 10.5. The van der Waals surface area contributed by atoms with Crippen molar-refractivity contribution in [1.82, 2.24) is 0 Å². The molecule has 10 heteroatoms. The Balaban J connectivity index is 0.00000324. The Morgan fingerprint density at radius 2 is 2.00 bits per heavy atom. The van der Waals surface area contributed by atoms with Crippen LogP contribution in [0.15, 0.2) is 24.3 Å². The standard InChI is InChI=1S/C9H9BF3N2O3.K/c11-10(12,13)5-4-9(16)14-7-2-1-3-8(6-7)15(17)18;/h1-3,6H,4-5H2,(H,14,16);/q-1;+1. The zero-order valence-corrected chi connectivity index (χ0v) is 13.2. The average Bonchev–Trinajstić information content (AvgIpc) is 2.26. The van der Waals surface area contributed by atoms with E-state index in [0.717, 1.165) is 6.07 Å². The van der Waals surface area contributed by atoms with Gasteiger partial charge >= 0.3 is 58.4 Å². The van der Waals surface area contributed by atoms with Gasteiger partial charge < -0.3 is 18.3 Å². The largest absolute Gasteiger partial charge is 1.00 e. The molecular formula is C9H9BF3KN2O3. The summed E-state index contributed by atoms with van der Waals surface area (Å²) >= 11 is 0. The molecule has 1 amide bonds. The van der Waals surface area contributed by atoms with Gasteiger partial charge in [-0.05, 0) is 6.07 Å². The van der Waals surface area contributed by atoms with Gasteiger partial charge in [-0.25, -0.2) is 0 Å². The summed E-state index contributed by atoms with van der Waals surface area (Å²) in [4.78, 5) is 21.0. The molecule has 0 fully saturated rings. The fourth-order valence-corrected chi connectivity index (χ4v) is 1.22. The van der Waals surface area contributed by atoms with E-state index in [1.807, 2.05) is 0 Å². The van der Waals surface area contributed by atoms with E-state index in [2.05, 4.69) is 5.32 Å². The SMILES string of the molecule is O=C(CC[B-](F)(F)F)Nc1cccc([N+](=O)[O-])c1.[K+]. The van der Waals surface area contributed by atoms with Crippen LogP contribution in [0.3, 0.4) is 0 Å². The predicted molar refractivity (Wildman–Crippen MR) is 60.2 cm³/mol. The van der Waals surface area contributed by atoms with Gasteiger partial charge in [0.1, 0.15) is 0 Å². The summed E-state index contributed by atoms with van der Waals surface area (Å²) in [6.45, 7) is -5.00. The Morgan fingerprint density at radius 1 is 1.37 bits per heavy atom. The van der Waals surface area contributed by atoms with Crippen molar-refractivity contribution in [2.75, 3.05) is 5.32 Å². The van der Waals surface area contributed by atoms with Gasteiger partial charge in [0.25, 0.3) is 5.69 Å². The molecule has 0 aliphatic rings. The number of nitrogens with one attached hydrogen (secondary N) is 1. The second-order valence-electron chi connectivity index (χ2n) is 3.60. The molecule has 19 heavy (non-hydrogen) atoms. The topological polar surface area (TPSA) is 72.2 Å². The van der Waals surface area contributed by atoms with Crippen LogP contribution >= 0.6 is 0 Å². The molecule has 0 aliphatic heterocycles. The van der Waals surface area contributed by atoms with Crippen LogP contribution in [0, 0.1) is 10.1 Å². The summed E-state index contributed by atoms with van der Waals surface area (Å²) in [5.74, 6) is -0.824. The van der Waals surface area contributed by atoms with E-state index in [1.54, 1.807) is 0 Å². The molecular weight excluding hydrogens is 291 g/mol. The number of non-ortho nitro benzene ring substituents is 1. The zero-order chi connectivity index (χ0) is 13.8. The van der Waals surface area contributed by atoms with E-state index in [9.17, 15) is 27.9 Å². The van der Waals surface area contributed by atoms with Crippen molar-refractivity contribution in [3.05, 3.63) is 34.4 Å². The number of halogens is 3. The van der Waals surface area contributed by atoms with Crippen LogP contribution in [0.1, 0.15) is 6.42 Å². The van der Waals surface area contributed by atoms with Gasteiger partial charge in [-0.3, -0.25) is 14.9 Å². The second kappa shape index (κ2) is 8.00. The first-order chi connectivity index (χ1) is 8.28. The van der Waals surface area contributed by atoms with Gasteiger partial charge in [0.2, 0.25) is 5.91 Å². The summed E-state index contributed by atoms with van der Waals surface area (Å²) < 4.78 is 35.8. The number of anilines is 1. The van der Waals surface area contributed by atoms with Crippen LogP contribution in [0.5, 0.6) is 0 Å². The smallest absolute Gasteiger partial charge is 0.449 e. The minimum atomic E-state index is -5.00. The summed E-state index contributed by atoms with van der Waals surface area (Å²) in [7, 11) is 0. The van der Waals surface area contributed by atoms with Crippen molar-refractivity contribution in [3.8, 4) is 0 Å². The third-order valence-corrected chi connectivity index (χ3v) is 2.04. The Hall–Kier alpha value is -0.419. The first kappa shape index (κ1) is 18.6. The van der Waals surface area contributed by atoms with Gasteiger partial charge in [0.05, 0.1) is 4.92 Å². The van der Waals surface area contributed by atoms with E-state index in [1.165, 1.54) is 18.2 Å². The molecule has 1 rings (SSSR count). The van der Waals surface area contributed by atoms with Crippen molar-refractivity contribution >= 4 is 24.3 Å². The quantitative estimate of drug-likeness (QED) is 0.464. The number of nitro groups is 1. The maximum atomic E-state index is 11.9. The van der Waals surface area contributed by atoms with E-state index < -0.39 is 30.5 Å². The molecule has 0 radical (unpaired) electrons. The fraction of sp³-hybridized carbons (Fsp3) is 0.222. The molecule has 0 unspecified atom stereocenters. The first-order valence-electron chi connectivity index (χ1n) is 5.03. The van der Waals surface area contributed by atoms with Crippen LogP contribution in [0.4, 0.5) is 24.3 Å². The molecule has 1 N–H and O–H groups in total. The molecule has 1 aromatic carbocycles. The number of amides is 1. The van der Waals surface area contributed by atoms with Crippen LogP contribution < -0.4 is 56.7 Å². The number of nitrogens with zero attached hydrogens (tertiary/aromatic N) is 1. The Labute approximate surface area is 149 Å². The third kappa shape index (κ3) is 7.68. The number of hydrogen-bond donors (Lipinski definition) is 1. The third-order valence-electron chi connectivity index (χ3n) is 2.04. The molecule has 0 atom stereocenters. The zero-order valence-electron chi connectivity index (χ0n) is 10.1. The summed E-state index contributed by atoms with van der Waals surface area (Å²) in [5.41, 5.74) is -0.142. The van der Waals surface area contributed by atoms with Gasteiger partial charge in [-0.2, -0.15) is 0 Å². The minimum absolute atomic E-state index is 0. The molecule has 98 valence electrons. The van der Waals surface area contributed by atoms with Crippen LogP contribution in [-0.2, 0) is 4.79 Å². The average molecular weight is 300 g/mol. The molecule has 0 spiro atoms. The Morgan fingerprint density at radius 3 is 2.53 bits per heavy atom. The van der Waals surface area contributed by atoms with E-state index in [-0.39, 0.29) is 62.8 Å². The number of carbonyl (C=O) groups is 1. The maximum Gasteiger partial charge on any atom is 1.00 e. The van der Waals surface area contributed by atoms with Gasteiger partial charge in [-0.15, -0.1) is 0 Å². The first-order valence-corrected chi connectivity index (χ1v) is 5.03. The molecule has 1 aromatic rings. The van der Waals surface area contributed by atoms with Crippen molar-refractivity contribution in [1.29, 1.82) is 0 Å². The Kier molecular flexibility index (Phi) is 7.82. The summed E-state index contributed by atoms with van der Waals surface area (Å²) in [6.07, 6.45) is -1.85. The van der Waals surface area contributed by atoms with Gasteiger partial charge in [0, 0.05) is 24.2 Å². The van der Waals surface area contributed by atoms with Crippen molar-refractivity contribution in [2.24, 2.45) is 0 Å². The second-order valence-corrected chi connectivity index (χ2v) is 3.60. The Bertz CT molecular complexity index is 470. The van der Waals surface area contributed by atoms with Gasteiger partial charge in [0.15, 0.2) is 0 Å². The fourth-order valence-electron chi connectivity index (χ4n) is 1.22. The number of carbonyl (C=O) groups excluding carboxylic acids is 1. The minimum Gasteiger partial charge on any atom is -0.449 e. The number of hydrogen-bond acceptors (Lipinski definition) is 3. The molecule has 0 aromatic heterocycles. The van der Waals surface area contributed by atoms with Crippen LogP contribution in [0.25, 0.3) is 0 Å². The van der Waals surface area contributed by atoms with E-state index in [0.29, 0.717) is 0 Å². The van der Waals surface area contributed by atoms with Crippen molar-refractivity contribution < 1.29 is 74.0 Å². The molecule has 5 nitrogen and oxygen atoms in total. The van der Waals surface area contributed by atoms with Gasteiger partial charge in [-0.1, -0.05) is 12.4 Å². The van der Waals surface area contributed by atoms with Crippen molar-refractivity contribution in [2.45, 2.75) is 12.7 Å². The van der Waals surface area contributed by atoms with E-state index in [4.69, 9.17) is 0 Å². The molecule has 0 saturated heterocycles. The number of rotatable bonds is 5. The van der Waals surface area contributed by atoms with E-state index >= 15 is 0 Å². The van der Waals surface area contributed by atoms with Crippen LogP contribution in [-0.4, -0.2) is 17.8 Å². The number of nitro benzene ring substituents is 1. The number of benzene rings is 1. The predicted octanol–water partition coefficient (Wildman–Crippen LogP) is -0.225. The molecule has 0 heterocycles. The summed E-state index contributed by atoms with van der Waals surface area (Å²) in [5, 5.41) is 12.6. The maximum absolute atomic E-state index is 11.9. The molecule has 0 aliphatic carbocycles. The summed E-state index contributed by atoms with van der Waals surface area (Å²) in [6, 6.07) is 5.00.